The van der Waals surface area contributed by atoms with Gasteiger partial charge >= 0.3 is 0 Å². The highest BCUT2D eigenvalue weighted by Gasteiger charge is 2.72. The molecule has 0 radical (unpaired) electrons. The molecule has 4 fully saturated rings. The molecule has 5 nitrogen and oxygen atoms in total. The zero-order chi connectivity index (χ0) is 26.5. The third-order valence-electron chi connectivity index (χ3n) is 12.7. The molecule has 4 saturated carbocycles. The third kappa shape index (κ3) is 3.00. The van der Waals surface area contributed by atoms with Crippen LogP contribution in [0.4, 0.5) is 0 Å². The van der Waals surface area contributed by atoms with Gasteiger partial charge in [0.05, 0.1) is 11.1 Å². The van der Waals surface area contributed by atoms with E-state index in [4.69, 9.17) is 0 Å². The number of nitriles is 1. The first kappa shape index (κ1) is 25.6. The molecule has 0 aliphatic heterocycles. The molecule has 0 amide bonds. The van der Waals surface area contributed by atoms with E-state index in [1.165, 1.54) is 0 Å². The van der Waals surface area contributed by atoms with Crippen LogP contribution in [0.15, 0.2) is 16.6 Å². The second kappa shape index (κ2) is 7.50. The van der Waals surface area contributed by atoms with Crippen LogP contribution in [0.5, 0.6) is 0 Å². The number of nitrogens with zero attached hydrogens (tertiary/aromatic N) is 2. The van der Waals surface area contributed by atoms with E-state index in [0.717, 1.165) is 44.9 Å². The molecule has 194 valence electrons. The minimum atomic E-state index is -0.621. The largest absolute Gasteiger partial charge is 0.299 e. The predicted octanol–water partition coefficient (Wildman–Crippen LogP) is 6.37. The number of carbonyl (C=O) groups excluding carboxylic acids is 3. The Hall–Kier alpha value is -2.05. The fourth-order valence-corrected chi connectivity index (χ4v) is 10.6. The van der Waals surface area contributed by atoms with E-state index in [9.17, 15) is 19.6 Å². The van der Waals surface area contributed by atoms with E-state index in [1.54, 1.807) is 0 Å². The molecule has 0 aromatic heterocycles. The van der Waals surface area contributed by atoms with Gasteiger partial charge in [0.2, 0.25) is 6.08 Å². The first-order valence-electron chi connectivity index (χ1n) is 13.9. The van der Waals surface area contributed by atoms with E-state index in [0.29, 0.717) is 12.2 Å². The van der Waals surface area contributed by atoms with Gasteiger partial charge in [-0.2, -0.15) is 10.3 Å². The standard InChI is InChI=1S/C31H42N2O3/c1-26(2)10-12-31(33-18-34)13-11-30(7)24(20(31)16-26)21(35)14-23-28(5)15-19(17-32)25(36)27(3,4)22(28)8-9-29(23,30)6/h15,20,22-24H,8-14,16H2,1-7H3/t20-,22-,23?,24-,28-,29+,30+,31-/m0/s1. The average Bonchev–Trinajstić information content (AvgIpc) is 2.79. The molecular weight excluding hydrogens is 448 g/mol. The summed E-state index contributed by atoms with van der Waals surface area (Å²) in [4.78, 5) is 43.6. The fourth-order valence-electron chi connectivity index (χ4n) is 10.6. The maximum atomic E-state index is 14.3. The van der Waals surface area contributed by atoms with Gasteiger partial charge < -0.3 is 0 Å². The monoisotopic (exact) mass is 490 g/mol. The van der Waals surface area contributed by atoms with E-state index in [1.807, 2.05) is 26.0 Å². The molecule has 1 unspecified atom stereocenters. The maximum Gasteiger partial charge on any atom is 0.235 e. The number of hydrogen-bond donors (Lipinski definition) is 0. The van der Waals surface area contributed by atoms with Crippen LogP contribution in [0.2, 0.25) is 0 Å². The number of aliphatic imine (C=N–C) groups is 1. The quantitative estimate of drug-likeness (QED) is 0.315. The number of allylic oxidation sites excluding steroid dienone is 2. The Labute approximate surface area is 216 Å². The molecule has 0 aromatic carbocycles. The van der Waals surface area contributed by atoms with Crippen LogP contribution in [-0.2, 0) is 14.4 Å². The summed E-state index contributed by atoms with van der Waals surface area (Å²) in [7, 11) is 0. The highest BCUT2D eigenvalue weighted by atomic mass is 16.1. The van der Waals surface area contributed by atoms with Crippen molar-refractivity contribution in [3.05, 3.63) is 11.6 Å². The second-order valence-electron chi connectivity index (χ2n) is 15.0. The van der Waals surface area contributed by atoms with Crippen molar-refractivity contribution in [3.8, 4) is 6.07 Å². The Morgan fingerprint density at radius 2 is 1.58 bits per heavy atom. The Morgan fingerprint density at radius 3 is 2.22 bits per heavy atom. The molecule has 5 rings (SSSR count). The lowest BCUT2D eigenvalue weighted by atomic mass is 9.32. The van der Waals surface area contributed by atoms with Gasteiger partial charge in [-0.15, -0.1) is 0 Å². The van der Waals surface area contributed by atoms with Gasteiger partial charge in [-0.25, -0.2) is 4.79 Å². The van der Waals surface area contributed by atoms with Crippen molar-refractivity contribution in [3.63, 3.8) is 0 Å². The number of carbonyl (C=O) groups is 2. The van der Waals surface area contributed by atoms with Gasteiger partial charge in [-0.1, -0.05) is 54.5 Å². The number of Topliss-reactive ketones (excluding diaryl/α,β-unsaturated/α-hetero) is 2. The van der Waals surface area contributed by atoms with Crippen molar-refractivity contribution in [2.75, 3.05) is 0 Å². The average molecular weight is 491 g/mol. The van der Waals surface area contributed by atoms with Gasteiger partial charge in [0.25, 0.3) is 0 Å². The van der Waals surface area contributed by atoms with Crippen LogP contribution in [0.1, 0.15) is 99.8 Å². The normalized spacial score (nSPS) is 48.7. The Morgan fingerprint density at radius 1 is 0.917 bits per heavy atom. The summed E-state index contributed by atoms with van der Waals surface area (Å²) in [5.41, 5.74) is -1.42. The molecule has 5 aliphatic carbocycles. The first-order valence-corrected chi connectivity index (χ1v) is 13.9. The van der Waals surface area contributed by atoms with Gasteiger partial charge in [0.15, 0.2) is 5.78 Å². The predicted molar refractivity (Wildman–Crippen MR) is 137 cm³/mol. The zero-order valence-corrected chi connectivity index (χ0v) is 23.2. The number of isocyanates is 1. The summed E-state index contributed by atoms with van der Waals surface area (Å²) in [6, 6.07) is 2.20. The molecule has 8 atom stereocenters. The Bertz CT molecular complexity index is 1150. The van der Waals surface area contributed by atoms with Gasteiger partial charge in [0.1, 0.15) is 11.9 Å². The van der Waals surface area contributed by atoms with E-state index >= 15 is 0 Å². The van der Waals surface area contributed by atoms with Crippen molar-refractivity contribution in [2.24, 2.45) is 55.7 Å². The molecule has 0 bridgehead atoms. The van der Waals surface area contributed by atoms with Crippen LogP contribution < -0.4 is 0 Å². The summed E-state index contributed by atoms with van der Waals surface area (Å²) in [6.45, 7) is 15.5. The van der Waals surface area contributed by atoms with E-state index in [2.05, 4.69) is 45.7 Å². The molecule has 0 heterocycles. The summed E-state index contributed by atoms with van der Waals surface area (Å²) >= 11 is 0. The van der Waals surface area contributed by atoms with Gasteiger partial charge in [-0.05, 0) is 84.4 Å². The number of hydrogen-bond acceptors (Lipinski definition) is 5. The van der Waals surface area contributed by atoms with Crippen LogP contribution in [0, 0.1) is 62.1 Å². The lowest BCUT2D eigenvalue weighted by Gasteiger charge is -2.71. The van der Waals surface area contributed by atoms with Gasteiger partial charge in [0, 0.05) is 17.8 Å². The van der Waals surface area contributed by atoms with Crippen molar-refractivity contribution in [2.45, 2.75) is 105 Å². The van der Waals surface area contributed by atoms with Gasteiger partial charge in [-0.3, -0.25) is 9.59 Å². The SMILES string of the molecule is CC1(C)CC[C@]2(N=C=O)CC[C@]3(C)[C@H](C(=O)CC4[C@@]5(C)C=C(C#N)C(=O)C(C)(C)[C@@H]5CC[C@]43C)[C@@H]2C1. The summed E-state index contributed by atoms with van der Waals surface area (Å²) in [5.74, 6) is 0.370. The maximum absolute atomic E-state index is 14.3. The van der Waals surface area contributed by atoms with Crippen molar-refractivity contribution in [1.29, 1.82) is 5.26 Å². The summed E-state index contributed by atoms with van der Waals surface area (Å²) in [5, 5.41) is 9.86. The van der Waals surface area contributed by atoms with E-state index in [-0.39, 0.29) is 56.7 Å². The third-order valence-corrected chi connectivity index (χ3v) is 12.7. The molecule has 5 heteroatoms. The van der Waals surface area contributed by atoms with Crippen LogP contribution in [0.25, 0.3) is 0 Å². The summed E-state index contributed by atoms with van der Waals surface area (Å²) in [6.07, 6.45) is 10.7. The second-order valence-corrected chi connectivity index (χ2v) is 15.0. The minimum Gasteiger partial charge on any atom is -0.299 e. The van der Waals surface area contributed by atoms with Crippen molar-refractivity contribution >= 4 is 17.6 Å². The number of rotatable bonds is 1. The fraction of sp³-hybridized carbons (Fsp3) is 0.806. The Kier molecular flexibility index (Phi) is 5.33. The minimum absolute atomic E-state index is 0.0547. The molecule has 0 aromatic rings. The first-order chi connectivity index (χ1) is 16.6. The smallest absolute Gasteiger partial charge is 0.235 e. The van der Waals surface area contributed by atoms with Crippen LogP contribution >= 0.6 is 0 Å². The number of fused-ring (bicyclic) bond motifs is 7. The molecule has 0 saturated heterocycles. The van der Waals surface area contributed by atoms with Crippen LogP contribution in [0.3, 0.4) is 0 Å². The summed E-state index contributed by atoms with van der Waals surface area (Å²) < 4.78 is 0. The lowest BCUT2D eigenvalue weighted by molar-refractivity contribution is -0.212. The molecule has 0 spiro atoms. The molecule has 0 N–H and O–H groups in total. The van der Waals surface area contributed by atoms with E-state index < -0.39 is 11.0 Å². The topological polar surface area (TPSA) is 87.4 Å². The zero-order valence-electron chi connectivity index (χ0n) is 23.2. The Balaban J connectivity index is 1.65. The lowest BCUT2D eigenvalue weighted by Crippen LogP contribution is -2.69. The molecule has 5 aliphatic rings. The highest BCUT2D eigenvalue weighted by Crippen LogP contribution is 2.75. The number of ketones is 2. The van der Waals surface area contributed by atoms with Crippen molar-refractivity contribution in [1.82, 2.24) is 0 Å². The van der Waals surface area contributed by atoms with Crippen LogP contribution in [-0.4, -0.2) is 23.2 Å². The van der Waals surface area contributed by atoms with Crippen molar-refractivity contribution < 1.29 is 14.4 Å². The highest BCUT2D eigenvalue weighted by molar-refractivity contribution is 6.04. The molecular formula is C31H42N2O3. The molecule has 36 heavy (non-hydrogen) atoms.